The molecule has 0 spiro atoms. The zero-order valence-electron chi connectivity index (χ0n) is 7.24. The largest absolute Gasteiger partial charge is 0.396 e. The van der Waals surface area contributed by atoms with Crippen LogP contribution in [0.25, 0.3) is 0 Å². The first kappa shape index (κ1) is 9.84. The lowest BCUT2D eigenvalue weighted by atomic mass is 10.00. The second kappa shape index (κ2) is 2.91. The molecule has 1 fully saturated rings. The van der Waals surface area contributed by atoms with Crippen LogP contribution < -0.4 is 0 Å². The summed E-state index contributed by atoms with van der Waals surface area (Å²) in [7, 11) is 0. The summed E-state index contributed by atoms with van der Waals surface area (Å²) in [5.41, 5.74) is -1.52. The third-order valence-corrected chi connectivity index (χ3v) is 2.55. The molecule has 1 saturated carbocycles. The van der Waals surface area contributed by atoms with E-state index in [9.17, 15) is 13.2 Å². The Hall–Kier alpha value is -0.250. The highest BCUT2D eigenvalue weighted by molar-refractivity contribution is 5.03. The van der Waals surface area contributed by atoms with E-state index < -0.39 is 17.7 Å². The molecule has 1 unspecified atom stereocenters. The van der Waals surface area contributed by atoms with Crippen molar-refractivity contribution in [3.63, 3.8) is 0 Å². The molecule has 0 amide bonds. The highest BCUT2D eigenvalue weighted by atomic mass is 19.4. The summed E-state index contributed by atoms with van der Waals surface area (Å²) in [5.74, 6) is 0. The van der Waals surface area contributed by atoms with Crippen molar-refractivity contribution in [2.75, 3.05) is 6.61 Å². The Morgan fingerprint density at radius 1 is 1.42 bits per heavy atom. The molecular weight excluding hydrogens is 169 g/mol. The van der Waals surface area contributed by atoms with Crippen molar-refractivity contribution >= 4 is 0 Å². The third kappa shape index (κ3) is 1.44. The summed E-state index contributed by atoms with van der Waals surface area (Å²) >= 11 is 0. The van der Waals surface area contributed by atoms with Gasteiger partial charge < -0.3 is 4.74 Å². The van der Waals surface area contributed by atoms with Crippen molar-refractivity contribution in [1.29, 1.82) is 0 Å². The first-order chi connectivity index (χ1) is 5.44. The lowest BCUT2D eigenvalue weighted by molar-refractivity contribution is -0.218. The lowest BCUT2D eigenvalue weighted by Gasteiger charge is -2.25. The van der Waals surface area contributed by atoms with Crippen LogP contribution in [-0.4, -0.2) is 18.9 Å². The van der Waals surface area contributed by atoms with Gasteiger partial charge >= 0.3 is 6.18 Å². The first-order valence-electron chi connectivity index (χ1n) is 4.12. The van der Waals surface area contributed by atoms with Crippen LogP contribution >= 0.6 is 0 Å². The Bertz CT molecular complexity index is 160. The number of hydrogen-bond acceptors (Lipinski definition) is 1. The maximum Gasteiger partial charge on any atom is 0.396 e. The van der Waals surface area contributed by atoms with E-state index >= 15 is 0 Å². The van der Waals surface area contributed by atoms with Crippen LogP contribution in [0.3, 0.4) is 0 Å². The fourth-order valence-electron chi connectivity index (χ4n) is 1.46. The lowest BCUT2D eigenvalue weighted by Crippen LogP contribution is -2.36. The van der Waals surface area contributed by atoms with Crippen LogP contribution in [0.15, 0.2) is 0 Å². The molecule has 0 aromatic heterocycles. The topological polar surface area (TPSA) is 9.23 Å². The number of ether oxygens (including phenoxy) is 1. The average molecular weight is 182 g/mol. The maximum atomic E-state index is 12.4. The minimum absolute atomic E-state index is 0.220. The standard InChI is InChI=1S/C8H13F3O/c1-3-12-6(2)7(4-5-7)8(9,10)11/h6H,3-5H2,1-2H3. The van der Waals surface area contributed by atoms with Crippen molar-refractivity contribution in [1.82, 2.24) is 0 Å². The second-order valence-corrected chi connectivity index (χ2v) is 3.25. The van der Waals surface area contributed by atoms with Gasteiger partial charge in [0.05, 0.1) is 11.5 Å². The van der Waals surface area contributed by atoms with Crippen LogP contribution in [-0.2, 0) is 4.74 Å². The third-order valence-electron chi connectivity index (χ3n) is 2.55. The zero-order valence-corrected chi connectivity index (χ0v) is 7.24. The van der Waals surface area contributed by atoms with Crippen LogP contribution in [0, 0.1) is 5.41 Å². The van der Waals surface area contributed by atoms with E-state index in [0.29, 0.717) is 6.61 Å². The number of rotatable bonds is 3. The molecule has 0 N–H and O–H groups in total. The van der Waals surface area contributed by atoms with E-state index in [1.165, 1.54) is 6.92 Å². The van der Waals surface area contributed by atoms with Crippen molar-refractivity contribution < 1.29 is 17.9 Å². The monoisotopic (exact) mass is 182 g/mol. The van der Waals surface area contributed by atoms with Crippen molar-refractivity contribution in [2.24, 2.45) is 5.41 Å². The molecule has 0 aliphatic heterocycles. The van der Waals surface area contributed by atoms with E-state index in [-0.39, 0.29) is 12.8 Å². The molecule has 72 valence electrons. The smallest absolute Gasteiger partial charge is 0.378 e. The Morgan fingerprint density at radius 3 is 2.17 bits per heavy atom. The molecule has 4 heteroatoms. The van der Waals surface area contributed by atoms with Gasteiger partial charge in [-0.1, -0.05) is 0 Å². The van der Waals surface area contributed by atoms with Gasteiger partial charge in [-0.25, -0.2) is 0 Å². The SMILES string of the molecule is CCOC(C)C1(C(F)(F)F)CC1. The fraction of sp³-hybridized carbons (Fsp3) is 1.00. The van der Waals surface area contributed by atoms with Gasteiger partial charge in [0, 0.05) is 6.61 Å². The zero-order chi connectivity index (χ0) is 9.41. The molecule has 0 radical (unpaired) electrons. The van der Waals surface area contributed by atoms with Crippen LogP contribution in [0.5, 0.6) is 0 Å². The summed E-state index contributed by atoms with van der Waals surface area (Å²) in [6.45, 7) is 3.56. The van der Waals surface area contributed by atoms with E-state index in [4.69, 9.17) is 4.74 Å². The summed E-state index contributed by atoms with van der Waals surface area (Å²) in [6.07, 6.45) is -4.35. The second-order valence-electron chi connectivity index (χ2n) is 3.25. The van der Waals surface area contributed by atoms with E-state index in [2.05, 4.69) is 0 Å². The van der Waals surface area contributed by atoms with Gasteiger partial charge in [-0.05, 0) is 26.7 Å². The minimum atomic E-state index is -4.10. The Kier molecular flexibility index (Phi) is 2.38. The van der Waals surface area contributed by atoms with Crippen LogP contribution in [0.2, 0.25) is 0 Å². The van der Waals surface area contributed by atoms with Crippen molar-refractivity contribution in [2.45, 2.75) is 39.0 Å². The quantitative estimate of drug-likeness (QED) is 0.652. The highest BCUT2D eigenvalue weighted by Crippen LogP contribution is 2.60. The van der Waals surface area contributed by atoms with E-state index in [1.807, 2.05) is 0 Å². The molecule has 1 aliphatic carbocycles. The normalized spacial score (nSPS) is 23.8. The summed E-state index contributed by atoms with van der Waals surface area (Å²) in [4.78, 5) is 0. The van der Waals surface area contributed by atoms with Gasteiger partial charge in [-0.2, -0.15) is 13.2 Å². The van der Waals surface area contributed by atoms with Gasteiger partial charge in [0.2, 0.25) is 0 Å². The molecule has 0 aromatic rings. The van der Waals surface area contributed by atoms with Gasteiger partial charge in [0.15, 0.2) is 0 Å². The first-order valence-corrected chi connectivity index (χ1v) is 4.12. The average Bonchev–Trinajstić information content (AvgIpc) is 2.63. The molecule has 12 heavy (non-hydrogen) atoms. The molecule has 1 nitrogen and oxygen atoms in total. The van der Waals surface area contributed by atoms with Gasteiger partial charge in [-0.3, -0.25) is 0 Å². The Morgan fingerprint density at radius 2 is 1.92 bits per heavy atom. The molecular formula is C8H13F3O. The molecule has 0 aromatic carbocycles. The molecule has 1 atom stereocenters. The number of halogens is 3. The molecule has 0 bridgehead atoms. The molecule has 1 aliphatic rings. The summed E-state index contributed by atoms with van der Waals surface area (Å²) < 4.78 is 42.1. The van der Waals surface area contributed by atoms with Crippen LogP contribution in [0.1, 0.15) is 26.7 Å². The van der Waals surface area contributed by atoms with Crippen molar-refractivity contribution in [3.8, 4) is 0 Å². The minimum Gasteiger partial charge on any atom is -0.378 e. The van der Waals surface area contributed by atoms with Gasteiger partial charge in [-0.15, -0.1) is 0 Å². The fourth-order valence-corrected chi connectivity index (χ4v) is 1.46. The molecule has 1 rings (SSSR count). The Labute approximate surface area is 69.9 Å². The maximum absolute atomic E-state index is 12.4. The summed E-state index contributed by atoms with van der Waals surface area (Å²) in [5, 5.41) is 0. The number of hydrogen-bond donors (Lipinski definition) is 0. The molecule has 0 heterocycles. The van der Waals surface area contributed by atoms with E-state index in [1.54, 1.807) is 6.92 Å². The number of alkyl halides is 3. The van der Waals surface area contributed by atoms with E-state index in [0.717, 1.165) is 0 Å². The van der Waals surface area contributed by atoms with Gasteiger partial charge in [0.25, 0.3) is 0 Å². The predicted molar refractivity (Wildman–Crippen MR) is 38.8 cm³/mol. The van der Waals surface area contributed by atoms with Gasteiger partial charge in [0.1, 0.15) is 0 Å². The predicted octanol–water partition coefficient (Wildman–Crippen LogP) is 2.75. The highest BCUT2D eigenvalue weighted by Gasteiger charge is 2.66. The Balaban J connectivity index is 2.60. The van der Waals surface area contributed by atoms with Crippen LogP contribution in [0.4, 0.5) is 13.2 Å². The van der Waals surface area contributed by atoms with Crippen molar-refractivity contribution in [3.05, 3.63) is 0 Å². The summed E-state index contributed by atoms with van der Waals surface area (Å²) in [6, 6.07) is 0. The molecule has 0 saturated heterocycles.